The van der Waals surface area contributed by atoms with Crippen molar-refractivity contribution < 1.29 is 17.6 Å². The quantitative estimate of drug-likeness (QED) is 0.831. The SMILES string of the molecule is CCS(=O)(=O)Cc1csc(NC(=O)NCc2cccc(F)c2)n1. The standard InChI is InChI=1S/C14H16FN3O3S2/c1-2-23(20,21)9-12-8-22-14(17-12)18-13(19)16-7-10-4-3-5-11(15)6-10/h3-6,8H,2,7,9H2,1H3,(H2,16,17,18,19). The summed E-state index contributed by atoms with van der Waals surface area (Å²) in [5.41, 5.74) is 1.03. The number of urea groups is 1. The Morgan fingerprint density at radius 3 is 2.87 bits per heavy atom. The molecule has 0 unspecified atom stereocenters. The topological polar surface area (TPSA) is 88.2 Å². The third-order valence-corrected chi connectivity index (χ3v) is 5.34. The second kappa shape index (κ2) is 7.51. The zero-order valence-electron chi connectivity index (χ0n) is 12.4. The maximum Gasteiger partial charge on any atom is 0.321 e. The van der Waals surface area contributed by atoms with Gasteiger partial charge in [-0.25, -0.2) is 22.6 Å². The molecule has 0 aliphatic carbocycles. The van der Waals surface area contributed by atoms with Crippen LogP contribution in [0.2, 0.25) is 0 Å². The Bertz CT molecular complexity index is 790. The number of rotatable bonds is 6. The number of hydrogen-bond donors (Lipinski definition) is 2. The number of nitrogens with zero attached hydrogens (tertiary/aromatic N) is 1. The van der Waals surface area contributed by atoms with Crippen molar-refractivity contribution in [3.05, 3.63) is 46.7 Å². The number of halogens is 1. The van der Waals surface area contributed by atoms with Crippen molar-refractivity contribution in [3.8, 4) is 0 Å². The third-order valence-electron chi connectivity index (χ3n) is 2.92. The third kappa shape index (κ3) is 5.61. The highest BCUT2D eigenvalue weighted by atomic mass is 32.2. The van der Waals surface area contributed by atoms with Crippen LogP contribution in [0, 0.1) is 5.82 Å². The van der Waals surface area contributed by atoms with Crippen LogP contribution in [0.1, 0.15) is 18.2 Å². The van der Waals surface area contributed by atoms with E-state index >= 15 is 0 Å². The van der Waals surface area contributed by atoms with Crippen LogP contribution >= 0.6 is 11.3 Å². The van der Waals surface area contributed by atoms with Gasteiger partial charge >= 0.3 is 6.03 Å². The number of carbonyl (C=O) groups excluding carboxylic acids is 1. The highest BCUT2D eigenvalue weighted by molar-refractivity contribution is 7.90. The molecule has 0 saturated heterocycles. The number of amides is 2. The molecule has 0 atom stereocenters. The lowest BCUT2D eigenvalue weighted by Gasteiger charge is -2.05. The van der Waals surface area contributed by atoms with Gasteiger partial charge in [0.15, 0.2) is 15.0 Å². The summed E-state index contributed by atoms with van der Waals surface area (Å²) >= 11 is 1.15. The van der Waals surface area contributed by atoms with E-state index < -0.39 is 15.9 Å². The van der Waals surface area contributed by atoms with E-state index in [1.165, 1.54) is 12.1 Å². The monoisotopic (exact) mass is 357 g/mol. The van der Waals surface area contributed by atoms with E-state index in [9.17, 15) is 17.6 Å². The number of sulfone groups is 1. The fourth-order valence-electron chi connectivity index (χ4n) is 1.73. The lowest BCUT2D eigenvalue weighted by atomic mass is 10.2. The van der Waals surface area contributed by atoms with Crippen molar-refractivity contribution in [1.82, 2.24) is 10.3 Å². The Balaban J connectivity index is 1.87. The fraction of sp³-hybridized carbons (Fsp3) is 0.286. The first-order valence-corrected chi connectivity index (χ1v) is 9.52. The van der Waals surface area contributed by atoms with E-state index in [1.807, 2.05) is 0 Å². The summed E-state index contributed by atoms with van der Waals surface area (Å²) in [7, 11) is -3.16. The molecule has 1 heterocycles. The second-order valence-corrected chi connectivity index (χ2v) is 7.97. The molecule has 1 aromatic heterocycles. The number of aromatic nitrogens is 1. The summed E-state index contributed by atoms with van der Waals surface area (Å²) in [6, 6.07) is 5.42. The molecule has 9 heteroatoms. The molecule has 0 aliphatic heterocycles. The first-order chi connectivity index (χ1) is 10.9. The van der Waals surface area contributed by atoms with E-state index in [1.54, 1.807) is 24.4 Å². The molecule has 2 N–H and O–H groups in total. The summed E-state index contributed by atoms with van der Waals surface area (Å²) in [5, 5.41) is 7.00. The highest BCUT2D eigenvalue weighted by Crippen LogP contribution is 2.17. The van der Waals surface area contributed by atoms with Crippen molar-refractivity contribution in [2.75, 3.05) is 11.1 Å². The van der Waals surface area contributed by atoms with Crippen LogP contribution in [0.15, 0.2) is 29.6 Å². The van der Waals surface area contributed by atoms with Crippen molar-refractivity contribution >= 4 is 32.3 Å². The molecule has 0 radical (unpaired) electrons. The molecule has 2 rings (SSSR count). The van der Waals surface area contributed by atoms with E-state index in [0.29, 0.717) is 16.4 Å². The number of nitrogens with one attached hydrogen (secondary N) is 2. The van der Waals surface area contributed by atoms with Gasteiger partial charge in [0.1, 0.15) is 5.82 Å². The smallest absolute Gasteiger partial charge is 0.321 e. The molecular formula is C14H16FN3O3S2. The van der Waals surface area contributed by atoms with E-state index in [0.717, 1.165) is 11.3 Å². The normalized spacial score (nSPS) is 11.2. The number of anilines is 1. The summed E-state index contributed by atoms with van der Waals surface area (Å²) in [4.78, 5) is 15.8. The van der Waals surface area contributed by atoms with Crippen LogP contribution in [-0.4, -0.2) is 25.2 Å². The minimum Gasteiger partial charge on any atom is -0.334 e. The molecule has 0 fully saturated rings. The Labute approximate surface area is 137 Å². The van der Waals surface area contributed by atoms with Gasteiger partial charge in [-0.1, -0.05) is 19.1 Å². The lowest BCUT2D eigenvalue weighted by Crippen LogP contribution is -2.28. The summed E-state index contributed by atoms with van der Waals surface area (Å²) in [5.74, 6) is -0.472. The number of benzene rings is 1. The Hall–Kier alpha value is -2.00. The summed E-state index contributed by atoms with van der Waals surface area (Å²) in [6.45, 7) is 1.74. The predicted octanol–water partition coefficient (Wildman–Crippen LogP) is 2.54. The molecule has 0 saturated carbocycles. The molecule has 2 aromatic rings. The summed E-state index contributed by atoms with van der Waals surface area (Å²) in [6.07, 6.45) is 0. The van der Waals surface area contributed by atoms with Crippen LogP contribution in [0.3, 0.4) is 0 Å². The van der Waals surface area contributed by atoms with Crippen LogP contribution in [0.5, 0.6) is 0 Å². The number of thiazole rings is 1. The molecule has 0 bridgehead atoms. The van der Waals surface area contributed by atoms with Gasteiger partial charge in [-0.3, -0.25) is 5.32 Å². The molecule has 0 spiro atoms. The van der Waals surface area contributed by atoms with Crippen molar-refractivity contribution in [3.63, 3.8) is 0 Å². The molecule has 0 aliphatic rings. The molecule has 124 valence electrons. The van der Waals surface area contributed by atoms with Crippen molar-refractivity contribution in [2.45, 2.75) is 19.2 Å². The predicted molar refractivity (Wildman–Crippen MR) is 87.5 cm³/mol. The average Bonchev–Trinajstić information content (AvgIpc) is 2.91. The van der Waals surface area contributed by atoms with Crippen LogP contribution < -0.4 is 10.6 Å². The highest BCUT2D eigenvalue weighted by Gasteiger charge is 2.13. The lowest BCUT2D eigenvalue weighted by molar-refractivity contribution is 0.251. The van der Waals surface area contributed by atoms with Crippen LogP contribution in [-0.2, 0) is 22.1 Å². The number of hydrogen-bond acceptors (Lipinski definition) is 5. The maximum absolute atomic E-state index is 13.0. The van der Waals surface area contributed by atoms with Gasteiger partial charge in [-0.2, -0.15) is 0 Å². The Kier molecular flexibility index (Phi) is 5.67. The largest absolute Gasteiger partial charge is 0.334 e. The number of carbonyl (C=O) groups is 1. The molecular weight excluding hydrogens is 341 g/mol. The Morgan fingerprint density at radius 1 is 1.39 bits per heavy atom. The van der Waals surface area contributed by atoms with Gasteiger partial charge in [0, 0.05) is 17.7 Å². The average molecular weight is 357 g/mol. The first kappa shape index (κ1) is 17.4. The van der Waals surface area contributed by atoms with Crippen LogP contribution in [0.4, 0.5) is 14.3 Å². The Morgan fingerprint density at radius 2 is 2.17 bits per heavy atom. The van der Waals surface area contributed by atoms with Gasteiger partial charge in [0.05, 0.1) is 11.4 Å². The minimum atomic E-state index is -3.16. The van der Waals surface area contributed by atoms with E-state index in [4.69, 9.17) is 0 Å². The zero-order chi connectivity index (χ0) is 16.9. The zero-order valence-corrected chi connectivity index (χ0v) is 14.0. The van der Waals surface area contributed by atoms with Gasteiger partial charge < -0.3 is 5.32 Å². The van der Waals surface area contributed by atoms with Gasteiger partial charge in [0.2, 0.25) is 0 Å². The molecule has 6 nitrogen and oxygen atoms in total. The van der Waals surface area contributed by atoms with Crippen molar-refractivity contribution in [1.29, 1.82) is 0 Å². The minimum absolute atomic E-state index is 0.0431. The molecule has 2 amide bonds. The first-order valence-electron chi connectivity index (χ1n) is 6.82. The van der Waals surface area contributed by atoms with Gasteiger partial charge in [-0.05, 0) is 17.7 Å². The fourth-order valence-corrected chi connectivity index (χ4v) is 3.34. The molecule has 1 aromatic carbocycles. The van der Waals surface area contributed by atoms with E-state index in [2.05, 4.69) is 15.6 Å². The maximum atomic E-state index is 13.0. The summed E-state index contributed by atoms with van der Waals surface area (Å²) < 4.78 is 36.1. The van der Waals surface area contributed by atoms with Crippen molar-refractivity contribution in [2.24, 2.45) is 0 Å². The van der Waals surface area contributed by atoms with Gasteiger partial charge in [-0.15, -0.1) is 11.3 Å². The molecule has 23 heavy (non-hydrogen) atoms. The van der Waals surface area contributed by atoms with Gasteiger partial charge in [0.25, 0.3) is 0 Å². The van der Waals surface area contributed by atoms with E-state index in [-0.39, 0.29) is 23.9 Å². The van der Waals surface area contributed by atoms with Crippen LogP contribution in [0.25, 0.3) is 0 Å². The second-order valence-electron chi connectivity index (χ2n) is 4.76.